The van der Waals surface area contributed by atoms with Crippen molar-refractivity contribution in [1.29, 1.82) is 0 Å². The molecule has 30 heavy (non-hydrogen) atoms. The zero-order valence-corrected chi connectivity index (χ0v) is 18.1. The molecule has 158 valence electrons. The monoisotopic (exact) mass is 427 g/mol. The Morgan fingerprint density at radius 1 is 1.03 bits per heavy atom. The third-order valence-electron chi connectivity index (χ3n) is 6.93. The molecule has 1 saturated heterocycles. The number of hydrogen-bond donors (Lipinski definition) is 0. The van der Waals surface area contributed by atoms with Gasteiger partial charge in [0.1, 0.15) is 0 Å². The highest BCUT2D eigenvalue weighted by atomic mass is 32.2. The van der Waals surface area contributed by atoms with Crippen molar-refractivity contribution in [3.05, 3.63) is 58.0 Å². The molecule has 7 nitrogen and oxygen atoms in total. The summed E-state index contributed by atoms with van der Waals surface area (Å²) in [6.07, 6.45) is 0.895. The first-order valence-corrected chi connectivity index (χ1v) is 11.7. The number of nitrogens with zero attached hydrogens (tertiary/aromatic N) is 3. The Morgan fingerprint density at radius 2 is 1.80 bits per heavy atom. The maximum absolute atomic E-state index is 13.5. The Bertz CT molecular complexity index is 1230. The maximum atomic E-state index is 13.5. The number of carbonyl (C=O) groups is 1. The van der Waals surface area contributed by atoms with Crippen molar-refractivity contribution in [2.24, 2.45) is 5.92 Å². The van der Waals surface area contributed by atoms with E-state index >= 15 is 0 Å². The largest absolute Gasteiger partial charge is 0.314 e. The van der Waals surface area contributed by atoms with Crippen LogP contribution >= 0.6 is 0 Å². The van der Waals surface area contributed by atoms with Gasteiger partial charge in [0.05, 0.1) is 10.3 Å². The van der Waals surface area contributed by atoms with Crippen molar-refractivity contribution in [1.82, 2.24) is 8.87 Å². The lowest BCUT2D eigenvalue weighted by molar-refractivity contribution is -0.121. The topological polar surface area (TPSA) is 79.7 Å². The molecular formula is C22H25N3O4S. The van der Waals surface area contributed by atoms with E-state index in [0.717, 1.165) is 23.4 Å². The Hall–Kier alpha value is -2.45. The van der Waals surface area contributed by atoms with Crippen LogP contribution in [0.5, 0.6) is 0 Å². The number of pyridine rings is 1. The van der Waals surface area contributed by atoms with Gasteiger partial charge in [0.25, 0.3) is 5.56 Å². The van der Waals surface area contributed by atoms with E-state index in [1.165, 1.54) is 0 Å². The van der Waals surface area contributed by atoms with Crippen molar-refractivity contribution < 1.29 is 13.2 Å². The highest BCUT2D eigenvalue weighted by Gasteiger charge is 2.44. The highest BCUT2D eigenvalue weighted by molar-refractivity contribution is 7.89. The fraction of sp³-hybridized carbons (Fsp3) is 0.455. The summed E-state index contributed by atoms with van der Waals surface area (Å²) < 4.78 is 30.4. The molecule has 3 aliphatic heterocycles. The second-order valence-electron chi connectivity index (χ2n) is 9.19. The molecule has 4 heterocycles. The number of rotatable bonds is 2. The van der Waals surface area contributed by atoms with Crippen LogP contribution in [0.3, 0.4) is 0 Å². The van der Waals surface area contributed by atoms with Crippen LogP contribution in [-0.2, 0) is 26.8 Å². The Kier molecular flexibility index (Phi) is 4.08. The lowest BCUT2D eigenvalue weighted by atomic mass is 9.84. The van der Waals surface area contributed by atoms with Crippen molar-refractivity contribution in [2.45, 2.75) is 43.0 Å². The lowest BCUT2D eigenvalue weighted by Crippen LogP contribution is -2.49. The first-order valence-electron chi connectivity index (χ1n) is 10.2. The van der Waals surface area contributed by atoms with Crippen LogP contribution in [0.15, 0.2) is 46.1 Å². The normalized spacial score (nSPS) is 25.2. The van der Waals surface area contributed by atoms with Crippen LogP contribution in [-0.4, -0.2) is 43.3 Å². The number of piperidine rings is 1. The summed E-state index contributed by atoms with van der Waals surface area (Å²) in [7, 11) is -1.99. The SMILES string of the molecule is CN1C(=O)C(C)(C)c2cc(S(=O)(=O)N3C[C@H]4C[C@@H](C3)c3cccc(=O)n3C4)ccc21. The van der Waals surface area contributed by atoms with Crippen LogP contribution in [0.25, 0.3) is 0 Å². The second-order valence-corrected chi connectivity index (χ2v) is 11.1. The minimum Gasteiger partial charge on any atom is -0.314 e. The van der Waals surface area contributed by atoms with Crippen LogP contribution in [0.4, 0.5) is 5.69 Å². The van der Waals surface area contributed by atoms with Gasteiger partial charge in [-0.3, -0.25) is 9.59 Å². The molecule has 0 unspecified atom stereocenters. The first-order chi connectivity index (χ1) is 14.1. The minimum absolute atomic E-state index is 0.0137. The van der Waals surface area contributed by atoms with Crippen molar-refractivity contribution >= 4 is 21.6 Å². The van der Waals surface area contributed by atoms with Gasteiger partial charge in [-0.1, -0.05) is 6.07 Å². The number of hydrogen-bond acceptors (Lipinski definition) is 4. The lowest BCUT2D eigenvalue weighted by Gasteiger charge is -2.42. The molecule has 1 amide bonds. The van der Waals surface area contributed by atoms with E-state index in [1.54, 1.807) is 51.2 Å². The average molecular weight is 428 g/mol. The zero-order valence-electron chi connectivity index (χ0n) is 17.3. The van der Waals surface area contributed by atoms with Gasteiger partial charge >= 0.3 is 0 Å². The van der Waals surface area contributed by atoms with Gasteiger partial charge in [0, 0.05) is 50.0 Å². The molecule has 1 aromatic carbocycles. The number of likely N-dealkylation sites (N-methyl/N-ethyl adjacent to an activating group) is 1. The molecule has 5 rings (SSSR count). The van der Waals surface area contributed by atoms with Crippen molar-refractivity contribution in [3.8, 4) is 0 Å². The van der Waals surface area contributed by atoms with Crippen LogP contribution in [0.1, 0.15) is 37.4 Å². The molecule has 2 aromatic rings. The molecule has 2 bridgehead atoms. The predicted octanol–water partition coefficient (Wildman–Crippen LogP) is 1.91. The first kappa shape index (κ1) is 19.5. The Balaban J connectivity index is 1.51. The summed E-state index contributed by atoms with van der Waals surface area (Å²) in [5.74, 6) is 0.0889. The van der Waals surface area contributed by atoms with E-state index < -0.39 is 15.4 Å². The van der Waals surface area contributed by atoms with Gasteiger partial charge in [0.2, 0.25) is 15.9 Å². The average Bonchev–Trinajstić information content (AvgIpc) is 2.89. The van der Waals surface area contributed by atoms with E-state index in [1.807, 2.05) is 19.9 Å². The third kappa shape index (κ3) is 2.63. The van der Waals surface area contributed by atoms with E-state index in [4.69, 9.17) is 0 Å². The molecule has 2 atom stereocenters. The second kappa shape index (κ2) is 6.28. The molecular weight excluding hydrogens is 402 g/mol. The van der Waals surface area contributed by atoms with E-state index in [-0.39, 0.29) is 28.2 Å². The van der Waals surface area contributed by atoms with Crippen LogP contribution < -0.4 is 10.5 Å². The highest BCUT2D eigenvalue weighted by Crippen LogP contribution is 2.43. The molecule has 1 fully saturated rings. The summed E-state index contributed by atoms with van der Waals surface area (Å²) in [5.41, 5.74) is 1.64. The molecule has 1 aromatic heterocycles. The van der Waals surface area contributed by atoms with Gasteiger partial charge in [-0.05, 0) is 56.0 Å². The number of amides is 1. The Labute approximate surface area is 176 Å². The number of benzene rings is 1. The number of anilines is 1. The third-order valence-corrected chi connectivity index (χ3v) is 8.75. The molecule has 8 heteroatoms. The van der Waals surface area contributed by atoms with Crippen molar-refractivity contribution in [2.75, 3.05) is 25.0 Å². The van der Waals surface area contributed by atoms with Gasteiger partial charge in [0.15, 0.2) is 0 Å². The van der Waals surface area contributed by atoms with Gasteiger partial charge in [-0.15, -0.1) is 0 Å². The number of sulfonamides is 1. The molecule has 0 saturated carbocycles. The van der Waals surface area contributed by atoms with E-state index in [9.17, 15) is 18.0 Å². The summed E-state index contributed by atoms with van der Waals surface area (Å²) in [6, 6.07) is 10.2. The maximum Gasteiger partial charge on any atom is 0.250 e. The smallest absolute Gasteiger partial charge is 0.250 e. The van der Waals surface area contributed by atoms with E-state index in [2.05, 4.69) is 0 Å². The number of fused-ring (bicyclic) bond motifs is 5. The summed E-state index contributed by atoms with van der Waals surface area (Å²) >= 11 is 0. The summed E-state index contributed by atoms with van der Waals surface area (Å²) in [6.45, 7) is 4.97. The Morgan fingerprint density at radius 3 is 2.57 bits per heavy atom. The molecule has 0 radical (unpaired) electrons. The predicted molar refractivity (Wildman–Crippen MR) is 113 cm³/mol. The zero-order chi connectivity index (χ0) is 21.4. The molecule has 3 aliphatic rings. The molecule has 0 aliphatic carbocycles. The number of aromatic nitrogens is 1. The summed E-state index contributed by atoms with van der Waals surface area (Å²) in [4.78, 5) is 26.6. The van der Waals surface area contributed by atoms with E-state index in [0.29, 0.717) is 19.6 Å². The minimum atomic E-state index is -3.71. The van der Waals surface area contributed by atoms with Crippen LogP contribution in [0.2, 0.25) is 0 Å². The fourth-order valence-corrected chi connectivity index (χ4v) is 6.90. The van der Waals surface area contributed by atoms with Crippen molar-refractivity contribution in [3.63, 3.8) is 0 Å². The quantitative estimate of drug-likeness (QED) is 0.733. The molecule has 0 spiro atoms. The standard InChI is InChI=1S/C22H25N3O4S/c1-22(2)17-10-16(7-8-19(17)23(3)21(22)27)30(28,29)24-11-14-9-15(13-24)18-5-4-6-20(26)25(18)12-14/h4-8,10,14-15H,9,11-13H2,1-3H3/t14-,15+/m1/s1. The molecule has 0 N–H and O–H groups in total. The van der Waals surface area contributed by atoms with Crippen LogP contribution in [0, 0.1) is 5.92 Å². The van der Waals surface area contributed by atoms with Gasteiger partial charge < -0.3 is 9.47 Å². The van der Waals surface area contributed by atoms with Gasteiger partial charge in [-0.2, -0.15) is 4.31 Å². The fourth-order valence-electron chi connectivity index (χ4n) is 5.31. The number of carbonyl (C=O) groups excluding carboxylic acids is 1. The summed E-state index contributed by atoms with van der Waals surface area (Å²) in [5, 5.41) is 0. The van der Waals surface area contributed by atoms with Gasteiger partial charge in [-0.25, -0.2) is 8.42 Å².